The number of amides is 1. The van der Waals surface area contributed by atoms with Gasteiger partial charge in [-0.15, -0.1) is 12.4 Å². The van der Waals surface area contributed by atoms with Crippen LogP contribution in [0.25, 0.3) is 10.2 Å². The topological polar surface area (TPSA) is 54.9 Å². The van der Waals surface area contributed by atoms with Crippen molar-refractivity contribution in [3.8, 4) is 5.75 Å². The van der Waals surface area contributed by atoms with E-state index in [0.717, 1.165) is 65.9 Å². The van der Waals surface area contributed by atoms with E-state index in [-0.39, 0.29) is 18.3 Å². The molecule has 0 bridgehead atoms. The Labute approximate surface area is 199 Å². The summed E-state index contributed by atoms with van der Waals surface area (Å²) in [4.78, 5) is 22.4. The van der Waals surface area contributed by atoms with Gasteiger partial charge in [0, 0.05) is 26.2 Å². The first-order valence-electron chi connectivity index (χ1n) is 10.7. The van der Waals surface area contributed by atoms with Crippen LogP contribution >= 0.6 is 23.7 Å². The van der Waals surface area contributed by atoms with Gasteiger partial charge in [-0.25, -0.2) is 4.98 Å². The third-order valence-corrected chi connectivity index (χ3v) is 6.58. The molecule has 6 nitrogen and oxygen atoms in total. The highest BCUT2D eigenvalue weighted by Crippen LogP contribution is 2.30. The zero-order valence-corrected chi connectivity index (χ0v) is 20.2. The van der Waals surface area contributed by atoms with E-state index in [9.17, 15) is 4.79 Å². The molecule has 32 heavy (non-hydrogen) atoms. The fourth-order valence-electron chi connectivity index (χ4n) is 3.75. The Bertz CT molecular complexity index is 1020. The molecule has 8 heteroatoms. The van der Waals surface area contributed by atoms with Gasteiger partial charge in [0.15, 0.2) is 5.13 Å². The number of fused-ring (bicyclic) bond motifs is 1. The fourth-order valence-corrected chi connectivity index (χ4v) is 4.86. The molecule has 1 saturated heterocycles. The molecular formula is C24H30ClN3O3S. The Hall–Kier alpha value is -2.19. The third-order valence-electron chi connectivity index (χ3n) is 5.54. The highest BCUT2D eigenvalue weighted by atomic mass is 35.5. The van der Waals surface area contributed by atoms with Crippen LogP contribution in [0.1, 0.15) is 17.5 Å². The normalized spacial score (nSPS) is 14.2. The van der Waals surface area contributed by atoms with Gasteiger partial charge in [0.25, 0.3) is 0 Å². The quantitative estimate of drug-likeness (QED) is 0.485. The van der Waals surface area contributed by atoms with Gasteiger partial charge in [0.05, 0.1) is 37.0 Å². The molecule has 1 aromatic heterocycles. The molecule has 0 atom stereocenters. The monoisotopic (exact) mass is 475 g/mol. The maximum atomic E-state index is 13.3. The van der Waals surface area contributed by atoms with Crippen molar-refractivity contribution in [3.05, 3.63) is 53.6 Å². The maximum Gasteiger partial charge on any atom is 0.233 e. The highest BCUT2D eigenvalue weighted by molar-refractivity contribution is 7.22. The number of ether oxygens (including phenoxy) is 2. The molecule has 0 radical (unpaired) electrons. The second-order valence-corrected chi connectivity index (χ2v) is 8.85. The zero-order chi connectivity index (χ0) is 21.6. The van der Waals surface area contributed by atoms with Crippen LogP contribution in [0.5, 0.6) is 5.75 Å². The number of thiazole rings is 1. The number of halogens is 1. The lowest BCUT2D eigenvalue weighted by Gasteiger charge is -2.27. The molecule has 1 fully saturated rings. The predicted octanol–water partition coefficient (Wildman–Crippen LogP) is 4.33. The first-order valence-corrected chi connectivity index (χ1v) is 11.5. The number of carbonyl (C=O) groups excluding carboxylic acids is 1. The Morgan fingerprint density at radius 1 is 1.19 bits per heavy atom. The minimum Gasteiger partial charge on any atom is -0.497 e. The summed E-state index contributed by atoms with van der Waals surface area (Å²) in [6.07, 6.45) is 1.25. The number of nitrogens with zero attached hydrogens (tertiary/aromatic N) is 3. The minimum absolute atomic E-state index is 0. The molecule has 0 spiro atoms. The van der Waals surface area contributed by atoms with Gasteiger partial charge in [0.1, 0.15) is 5.75 Å². The Balaban J connectivity index is 0.00000289. The summed E-state index contributed by atoms with van der Waals surface area (Å²) >= 11 is 1.59. The standard InChI is InChI=1S/C24H29N3O3S.ClH/c1-18-4-9-21-22(16-18)31-24(25-21)27(11-3-10-26-12-14-30-15-13-26)23(28)17-19-5-7-20(29-2)8-6-19;/h4-9,16H,3,10-15,17H2,1-2H3;1H. The van der Waals surface area contributed by atoms with Gasteiger partial charge in [-0.05, 0) is 48.7 Å². The molecule has 1 amide bonds. The molecule has 4 rings (SSSR count). The number of aryl methyl sites for hydroxylation is 1. The van der Waals surface area contributed by atoms with Crippen molar-refractivity contribution in [2.45, 2.75) is 19.8 Å². The van der Waals surface area contributed by atoms with Crippen LogP contribution in [-0.4, -0.2) is 62.3 Å². The van der Waals surface area contributed by atoms with E-state index in [4.69, 9.17) is 14.5 Å². The van der Waals surface area contributed by atoms with E-state index in [1.807, 2.05) is 35.2 Å². The number of morpholine rings is 1. The average molecular weight is 476 g/mol. The van der Waals surface area contributed by atoms with E-state index >= 15 is 0 Å². The Kier molecular flexibility index (Phi) is 8.87. The summed E-state index contributed by atoms with van der Waals surface area (Å²) < 4.78 is 11.8. The number of aromatic nitrogens is 1. The number of anilines is 1. The van der Waals surface area contributed by atoms with Gasteiger partial charge < -0.3 is 9.47 Å². The SMILES string of the molecule is COc1ccc(CC(=O)N(CCCN2CCOCC2)c2nc3ccc(C)cc3s2)cc1.Cl. The van der Waals surface area contributed by atoms with Crippen molar-refractivity contribution in [1.29, 1.82) is 0 Å². The van der Waals surface area contributed by atoms with Gasteiger partial charge >= 0.3 is 0 Å². The van der Waals surface area contributed by atoms with Crippen LogP contribution in [0.4, 0.5) is 5.13 Å². The maximum absolute atomic E-state index is 13.3. The Morgan fingerprint density at radius 2 is 1.94 bits per heavy atom. The molecule has 1 aliphatic rings. The van der Waals surface area contributed by atoms with Crippen LogP contribution in [0.3, 0.4) is 0 Å². The molecule has 172 valence electrons. The lowest BCUT2D eigenvalue weighted by Crippen LogP contribution is -2.39. The highest BCUT2D eigenvalue weighted by Gasteiger charge is 2.21. The lowest BCUT2D eigenvalue weighted by atomic mass is 10.1. The van der Waals surface area contributed by atoms with E-state index in [0.29, 0.717) is 13.0 Å². The summed E-state index contributed by atoms with van der Waals surface area (Å²) in [6, 6.07) is 13.9. The van der Waals surface area contributed by atoms with Crippen LogP contribution in [-0.2, 0) is 16.0 Å². The number of benzene rings is 2. The summed E-state index contributed by atoms with van der Waals surface area (Å²) in [5.74, 6) is 0.864. The first-order chi connectivity index (χ1) is 15.1. The van der Waals surface area contributed by atoms with E-state index in [1.165, 1.54) is 5.56 Å². The minimum atomic E-state index is 0. The number of methoxy groups -OCH3 is 1. The van der Waals surface area contributed by atoms with Crippen molar-refractivity contribution in [2.24, 2.45) is 0 Å². The number of hydrogen-bond acceptors (Lipinski definition) is 6. The fraction of sp³-hybridized carbons (Fsp3) is 0.417. The van der Waals surface area contributed by atoms with E-state index in [1.54, 1.807) is 18.4 Å². The molecule has 2 aromatic carbocycles. The average Bonchev–Trinajstić information content (AvgIpc) is 3.20. The second kappa shape index (κ2) is 11.6. The van der Waals surface area contributed by atoms with E-state index in [2.05, 4.69) is 24.0 Å². The molecule has 2 heterocycles. The van der Waals surface area contributed by atoms with Crippen LogP contribution in [0.2, 0.25) is 0 Å². The Morgan fingerprint density at radius 3 is 2.66 bits per heavy atom. The van der Waals surface area contributed by atoms with Crippen LogP contribution < -0.4 is 9.64 Å². The van der Waals surface area contributed by atoms with E-state index < -0.39 is 0 Å². The first kappa shape index (κ1) is 24.5. The molecule has 0 N–H and O–H groups in total. The summed E-state index contributed by atoms with van der Waals surface area (Å²) in [7, 11) is 1.64. The zero-order valence-electron chi connectivity index (χ0n) is 18.6. The summed E-state index contributed by atoms with van der Waals surface area (Å²) in [5, 5.41) is 0.779. The van der Waals surface area contributed by atoms with Gasteiger partial charge in [-0.2, -0.15) is 0 Å². The summed E-state index contributed by atoms with van der Waals surface area (Å²) in [6.45, 7) is 7.19. The molecule has 0 aliphatic carbocycles. The van der Waals surface area contributed by atoms with Crippen molar-refractivity contribution >= 4 is 45.0 Å². The number of rotatable bonds is 8. The predicted molar refractivity (Wildman–Crippen MR) is 133 cm³/mol. The van der Waals surface area contributed by atoms with Crippen molar-refractivity contribution < 1.29 is 14.3 Å². The third kappa shape index (κ3) is 6.19. The molecule has 0 unspecified atom stereocenters. The lowest BCUT2D eigenvalue weighted by molar-refractivity contribution is -0.118. The van der Waals surface area contributed by atoms with Gasteiger partial charge in [-0.1, -0.05) is 29.5 Å². The van der Waals surface area contributed by atoms with Crippen molar-refractivity contribution in [1.82, 2.24) is 9.88 Å². The largest absolute Gasteiger partial charge is 0.497 e. The summed E-state index contributed by atoms with van der Waals surface area (Å²) in [5.41, 5.74) is 3.12. The molecule has 3 aromatic rings. The van der Waals surface area contributed by atoms with Crippen LogP contribution in [0, 0.1) is 6.92 Å². The van der Waals surface area contributed by atoms with Crippen LogP contribution in [0.15, 0.2) is 42.5 Å². The number of carbonyl (C=O) groups is 1. The molecular weight excluding hydrogens is 446 g/mol. The molecule has 0 saturated carbocycles. The van der Waals surface area contributed by atoms with Gasteiger partial charge in [0.2, 0.25) is 5.91 Å². The second-order valence-electron chi connectivity index (χ2n) is 7.85. The number of hydrogen-bond donors (Lipinski definition) is 0. The van der Waals surface area contributed by atoms with Crippen molar-refractivity contribution in [3.63, 3.8) is 0 Å². The van der Waals surface area contributed by atoms with Crippen molar-refractivity contribution in [2.75, 3.05) is 51.4 Å². The van der Waals surface area contributed by atoms with Gasteiger partial charge in [-0.3, -0.25) is 14.6 Å². The molecule has 1 aliphatic heterocycles. The smallest absolute Gasteiger partial charge is 0.233 e.